The number of aromatic nitrogens is 1. The number of nitrogens with zero attached hydrogens (tertiary/aromatic N) is 1. The van der Waals surface area contributed by atoms with Crippen LogP contribution in [0.15, 0.2) is 88.9 Å². The third-order valence-electron chi connectivity index (χ3n) is 3.98. The molecular weight excluding hydrogens is 406 g/mol. The van der Waals surface area contributed by atoms with E-state index < -0.39 is 10.0 Å². The number of nitrogens with one attached hydrogen (secondary N) is 2. The normalized spacial score (nSPS) is 11.0. The minimum Gasteiger partial charge on any atom is -0.352 e. The predicted molar refractivity (Wildman–Crippen MR) is 116 cm³/mol. The predicted octanol–water partition coefficient (Wildman–Crippen LogP) is 3.79. The highest BCUT2D eigenvalue weighted by molar-refractivity contribution is 7.99. The zero-order valence-electron chi connectivity index (χ0n) is 15.6. The Kier molecular flexibility index (Phi) is 7.26. The molecule has 29 heavy (non-hydrogen) atoms. The highest BCUT2D eigenvalue weighted by atomic mass is 32.2. The van der Waals surface area contributed by atoms with Crippen LogP contribution in [0.2, 0.25) is 0 Å². The van der Waals surface area contributed by atoms with Crippen LogP contribution in [-0.4, -0.2) is 31.6 Å². The van der Waals surface area contributed by atoms with Gasteiger partial charge in [0.05, 0.1) is 10.6 Å². The summed E-state index contributed by atoms with van der Waals surface area (Å²) in [6.45, 7) is 0.558. The highest BCUT2D eigenvalue weighted by Crippen LogP contribution is 2.18. The van der Waals surface area contributed by atoms with Crippen molar-refractivity contribution in [1.29, 1.82) is 0 Å². The Hall–Kier alpha value is -2.84. The maximum absolute atomic E-state index is 12.4. The summed E-state index contributed by atoms with van der Waals surface area (Å²) in [5, 5.41) is 2.86. The monoisotopic (exact) mass is 427 g/mol. The molecule has 150 valence electrons. The van der Waals surface area contributed by atoms with Gasteiger partial charge < -0.3 is 5.32 Å². The Balaban J connectivity index is 1.48. The Morgan fingerprint density at radius 3 is 2.31 bits per heavy atom. The molecule has 2 aromatic carbocycles. The largest absolute Gasteiger partial charge is 0.352 e. The smallest absolute Gasteiger partial charge is 0.261 e. The molecule has 3 rings (SSSR count). The molecule has 1 aromatic heterocycles. The zero-order valence-corrected chi connectivity index (χ0v) is 17.2. The topological polar surface area (TPSA) is 88.2 Å². The number of hydrogen-bond acceptors (Lipinski definition) is 5. The number of benzene rings is 2. The second kappa shape index (κ2) is 10.1. The van der Waals surface area contributed by atoms with Crippen molar-refractivity contribution in [3.8, 4) is 0 Å². The molecule has 2 N–H and O–H groups in total. The molecule has 0 saturated heterocycles. The van der Waals surface area contributed by atoms with Crippen LogP contribution < -0.4 is 10.0 Å². The number of pyridine rings is 1. The standard InChI is InChI=1S/C21H21N3O3S2/c25-21(23-13-4-16-28-19-5-2-1-3-6-19)17-7-9-20(10-8-17)29(26,27)24-18-11-14-22-15-12-18/h1-3,5-12,14-15H,4,13,16H2,(H,22,24)(H,23,25). The molecule has 0 aliphatic rings. The van der Waals surface area contributed by atoms with Crippen LogP contribution in [-0.2, 0) is 10.0 Å². The van der Waals surface area contributed by atoms with Gasteiger partial charge in [-0.15, -0.1) is 11.8 Å². The average Bonchev–Trinajstić information content (AvgIpc) is 2.74. The van der Waals surface area contributed by atoms with Gasteiger partial charge in [-0.05, 0) is 60.7 Å². The summed E-state index contributed by atoms with van der Waals surface area (Å²) < 4.78 is 27.3. The van der Waals surface area contributed by atoms with E-state index in [2.05, 4.69) is 27.2 Å². The Labute approximate surface area is 174 Å². The molecule has 1 heterocycles. The van der Waals surface area contributed by atoms with Gasteiger partial charge in [0.2, 0.25) is 0 Å². The number of amides is 1. The fourth-order valence-corrected chi connectivity index (χ4v) is 4.43. The molecule has 6 nitrogen and oxygen atoms in total. The minimum atomic E-state index is -3.72. The number of carbonyl (C=O) groups is 1. The van der Waals surface area contributed by atoms with E-state index in [4.69, 9.17) is 0 Å². The Bertz CT molecular complexity index is 1030. The van der Waals surface area contributed by atoms with Gasteiger partial charge in [0.15, 0.2) is 0 Å². The molecule has 3 aromatic rings. The van der Waals surface area contributed by atoms with E-state index in [1.54, 1.807) is 23.9 Å². The molecule has 0 saturated carbocycles. The average molecular weight is 428 g/mol. The van der Waals surface area contributed by atoms with Crippen LogP contribution in [0.1, 0.15) is 16.8 Å². The summed E-state index contributed by atoms with van der Waals surface area (Å²) in [5.74, 6) is 0.683. The van der Waals surface area contributed by atoms with Gasteiger partial charge in [-0.25, -0.2) is 8.42 Å². The molecule has 0 aliphatic carbocycles. The van der Waals surface area contributed by atoms with Crippen molar-refractivity contribution in [1.82, 2.24) is 10.3 Å². The van der Waals surface area contributed by atoms with Crippen LogP contribution in [0.4, 0.5) is 5.69 Å². The number of thioether (sulfide) groups is 1. The van der Waals surface area contributed by atoms with Gasteiger partial charge in [-0.3, -0.25) is 14.5 Å². The first-order valence-electron chi connectivity index (χ1n) is 9.03. The van der Waals surface area contributed by atoms with Crippen LogP contribution in [0.25, 0.3) is 0 Å². The van der Waals surface area contributed by atoms with Gasteiger partial charge in [0, 0.05) is 29.4 Å². The van der Waals surface area contributed by atoms with Crippen molar-refractivity contribution in [2.75, 3.05) is 17.0 Å². The van der Waals surface area contributed by atoms with Crippen molar-refractivity contribution < 1.29 is 13.2 Å². The van der Waals surface area contributed by atoms with Crippen molar-refractivity contribution in [3.05, 3.63) is 84.7 Å². The number of anilines is 1. The molecule has 0 aliphatic heterocycles. The van der Waals surface area contributed by atoms with Gasteiger partial charge in [-0.2, -0.15) is 0 Å². The third kappa shape index (κ3) is 6.33. The van der Waals surface area contributed by atoms with Crippen LogP contribution in [0.3, 0.4) is 0 Å². The number of hydrogen-bond donors (Lipinski definition) is 2. The molecular formula is C21H21N3O3S2. The van der Waals surface area contributed by atoms with Crippen molar-refractivity contribution in [2.24, 2.45) is 0 Å². The number of sulfonamides is 1. The third-order valence-corrected chi connectivity index (χ3v) is 6.47. The van der Waals surface area contributed by atoms with E-state index in [-0.39, 0.29) is 10.8 Å². The van der Waals surface area contributed by atoms with Crippen LogP contribution >= 0.6 is 11.8 Å². The summed E-state index contributed by atoms with van der Waals surface area (Å²) in [6, 6.07) is 19.1. The molecule has 0 atom stereocenters. The lowest BCUT2D eigenvalue weighted by molar-refractivity contribution is 0.0953. The molecule has 1 amide bonds. The highest BCUT2D eigenvalue weighted by Gasteiger charge is 2.15. The number of rotatable bonds is 9. The van der Waals surface area contributed by atoms with E-state index in [1.807, 2.05) is 18.2 Å². The Morgan fingerprint density at radius 2 is 1.62 bits per heavy atom. The molecule has 0 unspecified atom stereocenters. The van der Waals surface area contributed by atoms with Crippen molar-refractivity contribution >= 4 is 33.4 Å². The summed E-state index contributed by atoms with van der Waals surface area (Å²) in [5.41, 5.74) is 0.846. The van der Waals surface area contributed by atoms with Gasteiger partial charge in [0.1, 0.15) is 0 Å². The summed E-state index contributed by atoms with van der Waals surface area (Å²) in [4.78, 5) is 17.4. The van der Waals surface area contributed by atoms with E-state index in [0.29, 0.717) is 17.8 Å². The lowest BCUT2D eigenvalue weighted by Crippen LogP contribution is -2.24. The maximum atomic E-state index is 12.4. The maximum Gasteiger partial charge on any atom is 0.261 e. The van der Waals surface area contributed by atoms with E-state index in [9.17, 15) is 13.2 Å². The van der Waals surface area contributed by atoms with E-state index >= 15 is 0 Å². The lowest BCUT2D eigenvalue weighted by atomic mass is 10.2. The molecule has 0 bridgehead atoms. The first-order valence-corrected chi connectivity index (χ1v) is 11.5. The quantitative estimate of drug-likeness (QED) is 0.401. The fourth-order valence-electron chi connectivity index (χ4n) is 2.50. The summed E-state index contributed by atoms with van der Waals surface area (Å²) >= 11 is 1.74. The Morgan fingerprint density at radius 1 is 0.931 bits per heavy atom. The first kappa shape index (κ1) is 20.9. The van der Waals surface area contributed by atoms with Crippen molar-refractivity contribution in [2.45, 2.75) is 16.2 Å². The first-order chi connectivity index (χ1) is 14.0. The zero-order chi connectivity index (χ0) is 20.5. The second-order valence-electron chi connectivity index (χ2n) is 6.14. The lowest BCUT2D eigenvalue weighted by Gasteiger charge is -2.09. The second-order valence-corrected chi connectivity index (χ2v) is 8.99. The van der Waals surface area contributed by atoms with Gasteiger partial charge >= 0.3 is 0 Å². The minimum absolute atomic E-state index is 0.0881. The molecule has 0 fully saturated rings. The van der Waals surface area contributed by atoms with Gasteiger partial charge in [-0.1, -0.05) is 18.2 Å². The van der Waals surface area contributed by atoms with E-state index in [1.165, 1.54) is 41.6 Å². The summed E-state index contributed by atoms with van der Waals surface area (Å²) in [6.07, 6.45) is 3.85. The SMILES string of the molecule is O=C(NCCCSc1ccccc1)c1ccc(S(=O)(=O)Nc2ccncc2)cc1. The van der Waals surface area contributed by atoms with Crippen LogP contribution in [0, 0.1) is 0 Å². The fraction of sp³-hybridized carbons (Fsp3) is 0.143. The molecule has 8 heteroatoms. The van der Waals surface area contributed by atoms with E-state index in [0.717, 1.165) is 12.2 Å². The molecule has 0 radical (unpaired) electrons. The molecule has 0 spiro atoms. The summed E-state index contributed by atoms with van der Waals surface area (Å²) in [7, 11) is -3.72. The van der Waals surface area contributed by atoms with Crippen LogP contribution in [0.5, 0.6) is 0 Å². The van der Waals surface area contributed by atoms with Gasteiger partial charge in [0.25, 0.3) is 15.9 Å². The van der Waals surface area contributed by atoms with Crippen molar-refractivity contribution in [3.63, 3.8) is 0 Å². The number of carbonyl (C=O) groups excluding carboxylic acids is 1.